The summed E-state index contributed by atoms with van der Waals surface area (Å²) in [5.74, 6) is 0.495. The van der Waals surface area contributed by atoms with Crippen LogP contribution in [-0.2, 0) is 9.53 Å². The van der Waals surface area contributed by atoms with Crippen LogP contribution in [0.3, 0.4) is 0 Å². The second-order valence-corrected chi connectivity index (χ2v) is 7.66. The molecule has 0 radical (unpaired) electrons. The van der Waals surface area contributed by atoms with E-state index in [1.54, 1.807) is 0 Å². The number of anilines is 1. The van der Waals surface area contributed by atoms with Crippen molar-refractivity contribution in [2.45, 2.75) is 18.4 Å². The third-order valence-electron chi connectivity index (χ3n) is 5.52. The van der Waals surface area contributed by atoms with Crippen LogP contribution in [0.5, 0.6) is 0 Å². The molecule has 1 aliphatic carbocycles. The van der Waals surface area contributed by atoms with Gasteiger partial charge < -0.3 is 20.5 Å². The molecule has 1 unspecified atom stereocenters. The Kier molecular flexibility index (Phi) is 6.55. The van der Waals surface area contributed by atoms with Crippen LogP contribution in [0, 0.1) is 12.3 Å². The highest BCUT2D eigenvalue weighted by Gasteiger charge is 2.29. The fourth-order valence-electron chi connectivity index (χ4n) is 3.93. The van der Waals surface area contributed by atoms with E-state index < -0.39 is 24.0 Å². The third-order valence-corrected chi connectivity index (χ3v) is 5.52. The Morgan fingerprint density at radius 3 is 2.24 bits per heavy atom. The first kappa shape index (κ1) is 22.6. The number of hydrogen-bond acceptors (Lipinski definition) is 5. The van der Waals surface area contributed by atoms with Crippen molar-refractivity contribution in [3.05, 3.63) is 83.7 Å². The number of terminal acetylenes is 1. The Morgan fingerprint density at radius 2 is 1.68 bits per heavy atom. The quantitative estimate of drug-likeness (QED) is 0.468. The molecule has 8 heteroatoms. The van der Waals surface area contributed by atoms with Crippen molar-refractivity contribution < 1.29 is 24.2 Å². The van der Waals surface area contributed by atoms with Gasteiger partial charge in [-0.05, 0) is 34.4 Å². The van der Waals surface area contributed by atoms with Gasteiger partial charge in [-0.15, -0.1) is 12.3 Å². The minimum absolute atomic E-state index is 0.0589. The molecule has 1 atom stereocenters. The Morgan fingerprint density at radius 1 is 1.03 bits per heavy atom. The lowest BCUT2D eigenvalue weighted by Crippen LogP contribution is -2.44. The summed E-state index contributed by atoms with van der Waals surface area (Å²) >= 11 is 0. The Hall–Kier alpha value is -4.64. The monoisotopic (exact) mass is 455 g/mol. The molecule has 170 valence electrons. The van der Waals surface area contributed by atoms with Gasteiger partial charge in [0.05, 0.1) is 11.9 Å². The van der Waals surface area contributed by atoms with E-state index in [0.29, 0.717) is 0 Å². The predicted octanol–water partition coefficient (Wildman–Crippen LogP) is 3.65. The third kappa shape index (κ3) is 4.74. The zero-order valence-electron chi connectivity index (χ0n) is 18.0. The highest BCUT2D eigenvalue weighted by Crippen LogP contribution is 2.44. The largest absolute Gasteiger partial charge is 0.477 e. The van der Waals surface area contributed by atoms with Gasteiger partial charge in [-0.2, -0.15) is 0 Å². The van der Waals surface area contributed by atoms with E-state index in [2.05, 4.69) is 21.5 Å². The summed E-state index contributed by atoms with van der Waals surface area (Å²) in [5, 5.41) is 14.0. The zero-order valence-corrected chi connectivity index (χ0v) is 18.0. The maximum absolute atomic E-state index is 12.6. The molecule has 1 aliphatic rings. The maximum Gasteiger partial charge on any atom is 0.407 e. The Labute approximate surface area is 196 Å². The standard InChI is InChI=1S/C26H21N3O5/c1-2-7-22(24(30)28-16-12-13-23(25(31)32)27-14-16)29-26(33)34-15-21-19-10-5-3-8-17(19)18-9-4-6-11-20(18)21/h1,3-6,8-14,21-22H,7,15H2,(H,28,30)(H,29,33)(H,31,32). The van der Waals surface area contributed by atoms with Gasteiger partial charge in [0.15, 0.2) is 0 Å². The van der Waals surface area contributed by atoms with Crippen molar-refractivity contribution in [3.8, 4) is 23.5 Å². The molecule has 0 fully saturated rings. The molecule has 0 aliphatic heterocycles. The number of benzene rings is 2. The van der Waals surface area contributed by atoms with Gasteiger partial charge >= 0.3 is 12.1 Å². The molecule has 2 aromatic carbocycles. The van der Waals surface area contributed by atoms with Gasteiger partial charge in [-0.1, -0.05) is 48.5 Å². The van der Waals surface area contributed by atoms with Crippen LogP contribution < -0.4 is 10.6 Å². The van der Waals surface area contributed by atoms with E-state index in [1.807, 2.05) is 48.5 Å². The van der Waals surface area contributed by atoms with Gasteiger partial charge in [0.25, 0.3) is 0 Å². The molecule has 0 saturated heterocycles. The summed E-state index contributed by atoms with van der Waals surface area (Å²) in [6, 6.07) is 17.6. The minimum atomic E-state index is -1.18. The van der Waals surface area contributed by atoms with Crippen LogP contribution in [0.4, 0.5) is 10.5 Å². The summed E-state index contributed by atoms with van der Waals surface area (Å²) in [4.78, 5) is 39.8. The van der Waals surface area contributed by atoms with Gasteiger partial charge in [-0.25, -0.2) is 14.6 Å². The highest BCUT2D eigenvalue weighted by molar-refractivity contribution is 5.97. The number of nitrogens with one attached hydrogen (secondary N) is 2. The van der Waals surface area contributed by atoms with E-state index >= 15 is 0 Å². The van der Waals surface area contributed by atoms with Crippen LogP contribution in [0.25, 0.3) is 11.1 Å². The normalized spacial score (nSPS) is 12.6. The van der Waals surface area contributed by atoms with Gasteiger partial charge in [0, 0.05) is 12.3 Å². The Balaban J connectivity index is 1.39. The molecule has 0 saturated carbocycles. The van der Waals surface area contributed by atoms with Crippen molar-refractivity contribution >= 4 is 23.7 Å². The number of rotatable bonds is 7. The highest BCUT2D eigenvalue weighted by atomic mass is 16.5. The number of hydrogen-bond donors (Lipinski definition) is 3. The SMILES string of the molecule is C#CCC(NC(=O)OCC1c2ccccc2-c2ccccc21)C(=O)Nc1ccc(C(=O)O)nc1. The van der Waals surface area contributed by atoms with Crippen LogP contribution in [-0.4, -0.2) is 40.7 Å². The lowest BCUT2D eigenvalue weighted by Gasteiger charge is -2.18. The number of alkyl carbamates (subject to hydrolysis) is 1. The van der Waals surface area contributed by atoms with Crippen LogP contribution in [0.15, 0.2) is 66.9 Å². The molecule has 8 nitrogen and oxygen atoms in total. The molecule has 2 amide bonds. The molecule has 3 aromatic rings. The first-order valence-corrected chi connectivity index (χ1v) is 10.5. The summed E-state index contributed by atoms with van der Waals surface area (Å²) < 4.78 is 5.48. The average Bonchev–Trinajstić information content (AvgIpc) is 3.16. The van der Waals surface area contributed by atoms with E-state index in [-0.39, 0.29) is 30.3 Å². The first-order valence-electron chi connectivity index (χ1n) is 10.5. The summed E-state index contributed by atoms with van der Waals surface area (Å²) in [7, 11) is 0. The molecule has 0 spiro atoms. The summed E-state index contributed by atoms with van der Waals surface area (Å²) in [5.41, 5.74) is 4.48. The van der Waals surface area contributed by atoms with Crippen molar-refractivity contribution in [2.75, 3.05) is 11.9 Å². The minimum Gasteiger partial charge on any atom is -0.477 e. The summed E-state index contributed by atoms with van der Waals surface area (Å²) in [6.07, 6.45) is 5.75. The van der Waals surface area contributed by atoms with E-state index in [4.69, 9.17) is 16.3 Å². The van der Waals surface area contributed by atoms with E-state index in [1.165, 1.54) is 18.3 Å². The Bertz CT molecular complexity index is 1230. The fourth-order valence-corrected chi connectivity index (χ4v) is 3.93. The number of pyridine rings is 1. The van der Waals surface area contributed by atoms with E-state index in [9.17, 15) is 14.4 Å². The topological polar surface area (TPSA) is 118 Å². The average molecular weight is 455 g/mol. The van der Waals surface area contributed by atoms with Gasteiger partial charge in [0.1, 0.15) is 18.3 Å². The predicted molar refractivity (Wildman–Crippen MR) is 125 cm³/mol. The number of aromatic nitrogens is 1. The molecule has 4 rings (SSSR count). The molecular formula is C26H21N3O5. The lowest BCUT2D eigenvalue weighted by atomic mass is 9.98. The number of nitrogens with zero attached hydrogens (tertiary/aromatic N) is 1. The molecule has 3 N–H and O–H groups in total. The van der Waals surface area contributed by atoms with E-state index in [0.717, 1.165) is 22.3 Å². The van der Waals surface area contributed by atoms with Crippen molar-refractivity contribution in [2.24, 2.45) is 0 Å². The van der Waals surface area contributed by atoms with Gasteiger partial charge in [0.2, 0.25) is 5.91 Å². The number of carbonyl (C=O) groups excluding carboxylic acids is 2. The summed E-state index contributed by atoms with van der Waals surface area (Å²) in [6.45, 7) is 0.102. The molecule has 1 aromatic heterocycles. The number of ether oxygens (including phenoxy) is 1. The van der Waals surface area contributed by atoms with Crippen LogP contribution >= 0.6 is 0 Å². The van der Waals surface area contributed by atoms with Gasteiger partial charge in [-0.3, -0.25) is 4.79 Å². The second kappa shape index (κ2) is 9.88. The second-order valence-electron chi connectivity index (χ2n) is 7.66. The number of carboxylic acids is 1. The number of aromatic carboxylic acids is 1. The van der Waals surface area contributed by atoms with Crippen LogP contribution in [0.1, 0.15) is 34.0 Å². The molecule has 1 heterocycles. The van der Waals surface area contributed by atoms with Crippen LogP contribution in [0.2, 0.25) is 0 Å². The zero-order chi connectivity index (χ0) is 24.1. The number of carbonyl (C=O) groups is 3. The number of carboxylic acid groups (broad SMARTS) is 1. The van der Waals surface area contributed by atoms with Crippen molar-refractivity contribution in [3.63, 3.8) is 0 Å². The first-order chi connectivity index (χ1) is 16.5. The number of fused-ring (bicyclic) bond motifs is 3. The molecule has 0 bridgehead atoms. The lowest BCUT2D eigenvalue weighted by molar-refractivity contribution is -0.118. The smallest absolute Gasteiger partial charge is 0.407 e. The fraction of sp³-hybridized carbons (Fsp3) is 0.154. The molecular weight excluding hydrogens is 434 g/mol. The van der Waals surface area contributed by atoms with Crippen molar-refractivity contribution in [1.82, 2.24) is 10.3 Å². The number of amides is 2. The maximum atomic E-state index is 12.6. The molecule has 34 heavy (non-hydrogen) atoms. The van der Waals surface area contributed by atoms with Crippen molar-refractivity contribution in [1.29, 1.82) is 0 Å².